The second-order valence-corrected chi connectivity index (χ2v) is 47.2. The van der Waals surface area contributed by atoms with Gasteiger partial charge in [-0.1, -0.05) is 523 Å². The number of nitrogens with zero attached hydrogens (tertiary/aromatic N) is 2. The molecule has 0 bridgehead atoms. The van der Waals surface area contributed by atoms with Gasteiger partial charge in [-0.05, 0) is 190 Å². The van der Waals surface area contributed by atoms with Crippen LogP contribution in [0.15, 0.2) is 516 Å². The maximum atomic E-state index is 7.50. The van der Waals surface area contributed by atoms with Crippen LogP contribution >= 0.6 is 65.1 Å². The van der Waals surface area contributed by atoms with Gasteiger partial charge in [0, 0.05) is 65.6 Å². The zero-order valence-corrected chi connectivity index (χ0v) is 85.8. The van der Waals surface area contributed by atoms with E-state index in [1.54, 1.807) is 0 Å². The van der Waals surface area contributed by atoms with Crippen LogP contribution in [-0.2, 0) is 26.7 Å². The average molecular weight is 2020 g/mol. The number of nitrogens with two attached hydrogens (primary N) is 1. The average Bonchev–Trinajstić information content (AvgIpc) is 1.65. The summed E-state index contributed by atoms with van der Waals surface area (Å²) in [6, 6.07) is 185. The van der Waals surface area contributed by atoms with Crippen LogP contribution in [0.4, 0.5) is 0 Å². The molecule has 17 aromatic carbocycles. The molecule has 1 aliphatic rings. The van der Waals surface area contributed by atoms with Gasteiger partial charge in [0.25, 0.3) is 0 Å². The van der Waals surface area contributed by atoms with E-state index in [-0.39, 0.29) is 39.1 Å². The Bertz CT molecular complexity index is 4950. The summed E-state index contributed by atoms with van der Waals surface area (Å²) >= 11 is 1.82. The van der Waals surface area contributed by atoms with Crippen LogP contribution in [0.2, 0.25) is 0 Å². The zero-order chi connectivity index (χ0) is 93.8. The first-order valence-corrected chi connectivity index (χ1v) is 58.5. The number of ether oxygens (including phenoxy) is 1. The smallest absolute Gasteiger partial charge is 0.0134 e. The molecule has 0 aliphatic carbocycles. The van der Waals surface area contributed by atoms with Gasteiger partial charge in [-0.15, -0.1) is 0 Å². The quantitative estimate of drug-likeness (QED) is 0.0182. The maximum absolute atomic E-state index is 7.50. The fourth-order valence-electron chi connectivity index (χ4n) is 15.6. The predicted molar refractivity (Wildman–Crippen MR) is 604 cm³/mol. The van der Waals surface area contributed by atoms with Crippen molar-refractivity contribution < 1.29 is 26.7 Å². The van der Waals surface area contributed by atoms with Gasteiger partial charge >= 0.3 is 38.3 Å². The molecule has 1 saturated heterocycles. The molecule has 6 nitrogen and oxygen atoms in total. The van der Waals surface area contributed by atoms with E-state index in [9.17, 15) is 0 Å². The second kappa shape index (κ2) is 65.9. The molecule has 0 unspecified atom stereocenters. The molecule has 1 aliphatic heterocycles. The summed E-state index contributed by atoms with van der Waals surface area (Å²) in [6.45, 7) is 14.6. The Morgan fingerprint density at radius 1 is 0.243 bits per heavy atom. The van der Waals surface area contributed by atoms with E-state index >= 15 is 0 Å². The number of hydrogen-bond acceptors (Lipinski definition) is 5. The van der Waals surface area contributed by atoms with Crippen molar-refractivity contribution >= 4 is 155 Å². The molecule has 0 amide bonds. The van der Waals surface area contributed by atoms with Crippen molar-refractivity contribution in [2.24, 2.45) is 5.73 Å². The summed E-state index contributed by atoms with van der Waals surface area (Å²) in [5, 5.41) is 27.6. The van der Waals surface area contributed by atoms with E-state index in [4.69, 9.17) is 15.1 Å². The minimum Gasteiger partial charge on any atom is -0.0622 e. The van der Waals surface area contributed by atoms with Crippen molar-refractivity contribution in [3.63, 3.8) is 0 Å². The fourth-order valence-corrected chi connectivity index (χ4v) is 32.0. The van der Waals surface area contributed by atoms with E-state index < -0.39 is 23.8 Å². The van der Waals surface area contributed by atoms with E-state index in [0.29, 0.717) is 6.54 Å². The van der Waals surface area contributed by atoms with Crippen LogP contribution < -0.4 is 101 Å². The molecule has 18 rings (SSSR count). The molecular weight excluding hydrogens is 1890 g/mol. The summed E-state index contributed by atoms with van der Waals surface area (Å²) in [5.74, 6) is 0. The Morgan fingerprint density at radius 3 is 0.493 bits per heavy atom. The molecule has 1 fully saturated rings. The van der Waals surface area contributed by atoms with Crippen LogP contribution in [0.5, 0.6) is 0 Å². The number of likely N-dealkylation sites (N-methyl/N-ethyl adjacent to an activating group) is 1. The first-order valence-electron chi connectivity index (χ1n) is 46.1. The third-order valence-electron chi connectivity index (χ3n) is 22.2. The summed E-state index contributed by atoms with van der Waals surface area (Å²) < 4.78 is 12.4. The van der Waals surface area contributed by atoms with Gasteiger partial charge < -0.3 is 25.6 Å². The normalized spacial score (nSPS) is 11.2. The van der Waals surface area contributed by atoms with Crippen molar-refractivity contribution in [3.05, 3.63) is 522 Å². The van der Waals surface area contributed by atoms with Gasteiger partial charge in [0.1, 0.15) is 0 Å². The molecule has 0 radical (unpaired) electrons. The molecule has 0 aromatic heterocycles. The fraction of sp³-hybridized carbons (Fsp3) is 0.149. The van der Waals surface area contributed by atoms with Crippen LogP contribution in [0.25, 0.3) is 0 Å². The topological polar surface area (TPSA) is 73.7 Å². The molecule has 17 aromatic rings. The van der Waals surface area contributed by atoms with Gasteiger partial charge in [0.2, 0.25) is 0 Å². The minimum absolute atomic E-state index is 0. The van der Waals surface area contributed by atoms with Gasteiger partial charge in [-0.25, -0.2) is 0 Å². The molecule has 3 N–H and O–H groups in total. The minimum atomic E-state index is -0.446. The standard InChI is InChI=1S/C31H36N2P2.C30H34N2P2.3C18H15P.C4H8O.CO.CH4.ClH.Ru/c1-32-22-23-33(24-26-34(28-14-6-2-7-15-28)29-16-8-3-9-17-29)25-27-35(30-18-10-4-11-19-30)31-20-12-5-13-21-31;31-21-22-32(23-25-33(27-13-5-1-6-14-27)28-15-7-2-8-16-28)24-26-34(29-17-9-3-10-18-29)30-19-11-4-12-20-30;3*1-4-10-16(11-5-1)19(17-12-6-2-7-13-17)18-14-8-3-9-15-18;1-2-4-5-3-1;1-2;;;/h2-21,32H,22-27H2,1H3;1-20H,21-26,31H2;3*1-15H;1-4H2;;1H4;1H;/q;;;;;;;;;+1/p-1. The second-order valence-electron chi connectivity index (χ2n) is 31.2. The van der Waals surface area contributed by atoms with E-state index in [2.05, 4.69) is 554 Å². The number of hydrogen-bond donors (Lipinski definition) is 2. The first kappa shape index (κ1) is 108. The first-order chi connectivity index (χ1) is 67.0. The number of nitrogens with one attached hydrogen (secondary N) is 1. The van der Waals surface area contributed by atoms with Gasteiger partial charge in [0.15, 0.2) is 0 Å². The van der Waals surface area contributed by atoms with Crippen molar-refractivity contribution in [3.8, 4) is 0 Å². The molecule has 0 spiro atoms. The summed E-state index contributed by atoms with van der Waals surface area (Å²) in [5.41, 5.74) is 6.06. The van der Waals surface area contributed by atoms with Gasteiger partial charge in [-0.3, -0.25) is 0 Å². The molecular formula is C121H127ClN4O2P7Ru. The van der Waals surface area contributed by atoms with Gasteiger partial charge in [0.05, 0.1) is 0 Å². The Morgan fingerprint density at radius 2 is 0.375 bits per heavy atom. The number of halogens is 1. The van der Waals surface area contributed by atoms with Crippen LogP contribution in [0.3, 0.4) is 0 Å². The summed E-state index contributed by atoms with van der Waals surface area (Å²) in [6.07, 6.45) is 7.22. The Balaban J connectivity index is 0.000000175. The van der Waals surface area contributed by atoms with Crippen molar-refractivity contribution in [2.45, 2.75) is 20.3 Å². The van der Waals surface area contributed by atoms with Crippen LogP contribution in [-0.4, -0.2) is 107 Å². The largest absolute Gasteiger partial charge is 0.0622 e. The predicted octanol–water partition coefficient (Wildman–Crippen LogP) is 21.7. The van der Waals surface area contributed by atoms with E-state index in [0.717, 1.165) is 71.4 Å². The molecule has 136 heavy (non-hydrogen) atoms. The summed E-state index contributed by atoms with van der Waals surface area (Å²) in [4.78, 5) is 5.27. The summed E-state index contributed by atoms with van der Waals surface area (Å²) in [7, 11) is 3.78. The maximum Gasteiger partial charge on any atom is -0.0134 e. The molecule has 693 valence electrons. The van der Waals surface area contributed by atoms with Crippen molar-refractivity contribution in [2.75, 3.05) is 97.3 Å². The molecule has 15 heteroatoms. The third kappa shape index (κ3) is 36.8. The van der Waals surface area contributed by atoms with E-state index in [1.807, 2.05) is 17.3 Å². The van der Waals surface area contributed by atoms with Gasteiger partial charge in [-0.2, -0.15) is 0 Å². The number of benzene rings is 17. The molecule has 0 saturated carbocycles. The monoisotopic (exact) mass is 2020 g/mol. The third-order valence-corrected chi connectivity index (χ3v) is 39.5. The molecule has 0 atom stereocenters. The van der Waals surface area contributed by atoms with Crippen LogP contribution in [0.1, 0.15) is 20.3 Å². The Hall–Kier alpha value is -9.80. The van der Waals surface area contributed by atoms with Crippen molar-refractivity contribution in [1.29, 1.82) is 0 Å². The Kier molecular flexibility index (Phi) is 52.4. The van der Waals surface area contributed by atoms with E-state index in [1.165, 1.54) is 115 Å². The zero-order valence-electron chi connectivity index (χ0n) is 77.0. The molecule has 1 heterocycles. The van der Waals surface area contributed by atoms with Crippen LogP contribution in [0, 0.1) is 6.65 Å². The SMILES string of the molecule is C.C1CCOC1.CNCCN(CCP(c1ccccc1)c1ccccc1)CCP(c1ccccc1)c1ccccc1.NCCN(CCP(c1ccccc1)c1ccccc1)CCP(c1ccccc1)c1ccccc1.[C-]#[O+].[Cl][Ru].c1ccc(P(c2ccccc2)c2ccccc2)cc1.c1ccc(P(c2ccccc2)c2ccccc2)cc1.c1ccc(P(c2ccccc2)c2ccccc2)cc1. The Labute approximate surface area is 835 Å². The number of rotatable bonds is 34. The van der Waals surface area contributed by atoms with Crippen molar-refractivity contribution in [1.82, 2.24) is 15.1 Å².